The zero-order chi connectivity index (χ0) is 24.7. The molecule has 0 aromatic heterocycles. The van der Waals surface area contributed by atoms with Gasteiger partial charge in [-0.3, -0.25) is 4.79 Å². The highest BCUT2D eigenvalue weighted by Crippen LogP contribution is 2.41. The van der Waals surface area contributed by atoms with Gasteiger partial charge in [0.1, 0.15) is 5.60 Å². The predicted octanol–water partition coefficient (Wildman–Crippen LogP) is 6.86. The number of phenolic OH excluding ortho intramolecular Hbond substituents is 1. The molecule has 3 aliphatic carbocycles. The smallest absolute Gasteiger partial charge is 0.303 e. The van der Waals surface area contributed by atoms with Crippen LogP contribution in [0.2, 0.25) is 0 Å². The third kappa shape index (κ3) is 7.62. The normalized spacial score (nSPS) is 28.2. The van der Waals surface area contributed by atoms with Crippen molar-refractivity contribution in [1.29, 1.82) is 0 Å². The van der Waals surface area contributed by atoms with Crippen molar-refractivity contribution >= 4 is 5.97 Å². The summed E-state index contributed by atoms with van der Waals surface area (Å²) in [5.74, 6) is 1.65. The number of aliphatic hydroxyl groups excluding tert-OH is 1. The van der Waals surface area contributed by atoms with Crippen LogP contribution >= 0.6 is 0 Å². The van der Waals surface area contributed by atoms with Crippen molar-refractivity contribution in [3.63, 3.8) is 0 Å². The highest BCUT2D eigenvalue weighted by Gasteiger charge is 2.42. The molecule has 0 aliphatic heterocycles. The maximum absolute atomic E-state index is 12.0. The fourth-order valence-corrected chi connectivity index (χ4v) is 6.81. The van der Waals surface area contributed by atoms with Crippen LogP contribution in [0, 0.1) is 11.8 Å². The van der Waals surface area contributed by atoms with Gasteiger partial charge in [-0.25, -0.2) is 0 Å². The summed E-state index contributed by atoms with van der Waals surface area (Å²) < 4.78 is 12.0. The summed E-state index contributed by atoms with van der Waals surface area (Å²) in [6.07, 6.45) is 18.3. The number of aromatic hydroxyl groups is 1. The minimum Gasteiger partial charge on any atom is -0.504 e. The van der Waals surface area contributed by atoms with Crippen LogP contribution in [0.15, 0.2) is 18.2 Å². The maximum Gasteiger partial charge on any atom is 0.303 e. The van der Waals surface area contributed by atoms with Gasteiger partial charge in [0.05, 0.1) is 12.2 Å². The van der Waals surface area contributed by atoms with Crippen molar-refractivity contribution in [3.8, 4) is 11.5 Å². The van der Waals surface area contributed by atoms with Crippen LogP contribution in [0.5, 0.6) is 11.5 Å². The molecule has 3 saturated carbocycles. The number of rotatable bonds is 10. The SMILES string of the molecule is CC(=O)O[C@@]1(CCc2ccc(O)c(OC3CCCC3)c2)CC[C@@H](CCCC2CCCCC2)[C@H](O)C1. The van der Waals surface area contributed by atoms with Gasteiger partial charge in [-0.15, -0.1) is 0 Å². The van der Waals surface area contributed by atoms with Gasteiger partial charge in [0.25, 0.3) is 0 Å². The summed E-state index contributed by atoms with van der Waals surface area (Å²) in [5, 5.41) is 21.3. The van der Waals surface area contributed by atoms with E-state index in [0.717, 1.165) is 43.6 Å². The number of carbonyl (C=O) groups is 1. The van der Waals surface area contributed by atoms with Gasteiger partial charge in [0, 0.05) is 13.3 Å². The standard InChI is InChI=1S/C30H46O5/c1-22(31)35-30(18-16-24-14-15-27(32)29(20-24)34-26-12-5-6-13-26)19-17-25(28(33)21-30)11-7-10-23-8-3-2-4-9-23/h14-15,20,23,25-26,28,32-33H,2-13,16-19,21H2,1H3/t25-,28-,30+/m1/s1. The van der Waals surface area contributed by atoms with Gasteiger partial charge < -0.3 is 19.7 Å². The first-order valence-electron chi connectivity index (χ1n) is 14.3. The van der Waals surface area contributed by atoms with Crippen molar-refractivity contribution < 1.29 is 24.5 Å². The molecule has 2 N–H and O–H groups in total. The van der Waals surface area contributed by atoms with E-state index in [2.05, 4.69) is 0 Å². The van der Waals surface area contributed by atoms with E-state index >= 15 is 0 Å². The van der Waals surface area contributed by atoms with Gasteiger partial charge in [0.15, 0.2) is 11.5 Å². The van der Waals surface area contributed by atoms with Gasteiger partial charge in [0.2, 0.25) is 0 Å². The third-order valence-corrected chi connectivity index (χ3v) is 8.86. The van der Waals surface area contributed by atoms with E-state index in [1.807, 2.05) is 12.1 Å². The predicted molar refractivity (Wildman–Crippen MR) is 138 cm³/mol. The Bertz CT molecular complexity index is 811. The van der Waals surface area contributed by atoms with E-state index in [-0.39, 0.29) is 17.8 Å². The summed E-state index contributed by atoms with van der Waals surface area (Å²) in [7, 11) is 0. The lowest BCUT2D eigenvalue weighted by Gasteiger charge is -2.42. The number of carbonyl (C=O) groups excluding carboxylic acids is 1. The van der Waals surface area contributed by atoms with Crippen LogP contribution in [0.4, 0.5) is 0 Å². The zero-order valence-corrected chi connectivity index (χ0v) is 21.7. The summed E-state index contributed by atoms with van der Waals surface area (Å²) in [6, 6.07) is 5.56. The van der Waals surface area contributed by atoms with Crippen LogP contribution < -0.4 is 4.74 Å². The molecule has 4 rings (SSSR count). The molecule has 0 unspecified atom stereocenters. The molecule has 1 aromatic rings. The van der Waals surface area contributed by atoms with Gasteiger partial charge >= 0.3 is 5.97 Å². The number of phenols is 1. The maximum atomic E-state index is 12.0. The van der Waals surface area contributed by atoms with Crippen LogP contribution in [0.3, 0.4) is 0 Å². The van der Waals surface area contributed by atoms with Crippen molar-refractivity contribution in [2.24, 2.45) is 11.8 Å². The molecule has 3 aliphatic rings. The average Bonchev–Trinajstić information content (AvgIpc) is 3.35. The molecule has 0 heterocycles. The van der Waals surface area contributed by atoms with Crippen LogP contribution in [-0.2, 0) is 16.0 Å². The van der Waals surface area contributed by atoms with Crippen LogP contribution in [-0.4, -0.2) is 34.0 Å². The fraction of sp³-hybridized carbons (Fsp3) is 0.767. The van der Waals surface area contributed by atoms with Gasteiger partial charge in [-0.2, -0.15) is 0 Å². The van der Waals surface area contributed by atoms with Crippen molar-refractivity contribution in [2.45, 2.75) is 134 Å². The minimum atomic E-state index is -0.616. The molecule has 1 aromatic carbocycles. The Hall–Kier alpha value is -1.75. The lowest BCUT2D eigenvalue weighted by Crippen LogP contribution is -2.45. The molecular formula is C30H46O5. The molecule has 3 fully saturated rings. The third-order valence-electron chi connectivity index (χ3n) is 8.86. The molecule has 0 bridgehead atoms. The second kappa shape index (κ2) is 12.5. The molecule has 0 radical (unpaired) electrons. The van der Waals surface area contributed by atoms with Crippen molar-refractivity contribution in [3.05, 3.63) is 23.8 Å². The van der Waals surface area contributed by atoms with Gasteiger partial charge in [-0.1, -0.05) is 51.0 Å². The largest absolute Gasteiger partial charge is 0.504 e. The number of aryl methyl sites for hydroxylation is 1. The summed E-state index contributed by atoms with van der Waals surface area (Å²) in [5.41, 5.74) is 0.446. The lowest BCUT2D eigenvalue weighted by atomic mass is 9.72. The molecule has 0 spiro atoms. The van der Waals surface area contributed by atoms with Crippen molar-refractivity contribution in [2.75, 3.05) is 0 Å². The highest BCUT2D eigenvalue weighted by atomic mass is 16.6. The Morgan fingerprint density at radius 3 is 2.49 bits per heavy atom. The Morgan fingerprint density at radius 1 is 1.03 bits per heavy atom. The first kappa shape index (κ1) is 26.3. The van der Waals surface area contributed by atoms with E-state index in [1.165, 1.54) is 64.7 Å². The molecule has 35 heavy (non-hydrogen) atoms. The summed E-state index contributed by atoms with van der Waals surface area (Å²) in [4.78, 5) is 12.0. The van der Waals surface area contributed by atoms with Crippen LogP contribution in [0.1, 0.15) is 115 Å². The van der Waals surface area contributed by atoms with E-state index in [0.29, 0.717) is 30.9 Å². The second-order valence-corrected chi connectivity index (χ2v) is 11.6. The number of benzene rings is 1. The molecule has 3 atom stereocenters. The summed E-state index contributed by atoms with van der Waals surface area (Å²) >= 11 is 0. The first-order chi connectivity index (χ1) is 16.9. The van der Waals surface area contributed by atoms with Gasteiger partial charge in [-0.05, 0) is 87.3 Å². The summed E-state index contributed by atoms with van der Waals surface area (Å²) in [6.45, 7) is 1.47. The Morgan fingerprint density at radius 2 is 1.77 bits per heavy atom. The van der Waals surface area contributed by atoms with Crippen molar-refractivity contribution in [1.82, 2.24) is 0 Å². The molecule has 0 amide bonds. The monoisotopic (exact) mass is 486 g/mol. The Labute approximate surface area is 211 Å². The number of esters is 1. The van der Waals surface area contributed by atoms with E-state index in [9.17, 15) is 15.0 Å². The molecular weight excluding hydrogens is 440 g/mol. The fourth-order valence-electron chi connectivity index (χ4n) is 6.81. The highest BCUT2D eigenvalue weighted by molar-refractivity contribution is 5.66. The molecule has 196 valence electrons. The van der Waals surface area contributed by atoms with E-state index in [4.69, 9.17) is 9.47 Å². The average molecular weight is 487 g/mol. The van der Waals surface area contributed by atoms with Crippen LogP contribution in [0.25, 0.3) is 0 Å². The Kier molecular flexibility index (Phi) is 9.38. The molecule has 0 saturated heterocycles. The molecule has 5 heteroatoms. The number of hydrogen-bond donors (Lipinski definition) is 2. The molecule has 5 nitrogen and oxygen atoms in total. The minimum absolute atomic E-state index is 0.180. The number of ether oxygens (including phenoxy) is 2. The lowest BCUT2D eigenvalue weighted by molar-refractivity contribution is -0.168. The number of hydrogen-bond acceptors (Lipinski definition) is 5. The van der Waals surface area contributed by atoms with E-state index < -0.39 is 11.7 Å². The number of aliphatic hydroxyl groups is 1. The van der Waals surface area contributed by atoms with E-state index in [1.54, 1.807) is 6.07 Å². The zero-order valence-electron chi connectivity index (χ0n) is 21.7. The Balaban J connectivity index is 1.31. The second-order valence-electron chi connectivity index (χ2n) is 11.6. The topological polar surface area (TPSA) is 76.0 Å². The quantitative estimate of drug-likeness (QED) is 0.353. The first-order valence-corrected chi connectivity index (χ1v) is 14.3.